The lowest BCUT2D eigenvalue weighted by atomic mass is 10.0. The highest BCUT2D eigenvalue weighted by molar-refractivity contribution is 5.92. The van der Waals surface area contributed by atoms with E-state index < -0.39 is 6.04 Å². The zero-order valence-electron chi connectivity index (χ0n) is 9.58. The predicted molar refractivity (Wildman–Crippen MR) is 65.3 cm³/mol. The molecule has 0 saturated carbocycles. The SMILES string of the molecule is CCc1cccc2c([C@@H](N)C(C)=O)c[nH]c12. The van der Waals surface area contributed by atoms with Gasteiger partial charge in [0, 0.05) is 22.7 Å². The van der Waals surface area contributed by atoms with Crippen molar-refractivity contribution in [1.29, 1.82) is 0 Å². The summed E-state index contributed by atoms with van der Waals surface area (Å²) >= 11 is 0. The molecule has 84 valence electrons. The molecule has 0 aliphatic rings. The third kappa shape index (κ3) is 1.63. The van der Waals surface area contributed by atoms with E-state index in [2.05, 4.69) is 18.0 Å². The first-order valence-electron chi connectivity index (χ1n) is 5.50. The van der Waals surface area contributed by atoms with Crippen molar-refractivity contribution in [1.82, 2.24) is 4.98 Å². The van der Waals surface area contributed by atoms with E-state index in [-0.39, 0.29) is 5.78 Å². The first-order valence-corrected chi connectivity index (χ1v) is 5.50. The van der Waals surface area contributed by atoms with Crippen LogP contribution in [0, 0.1) is 0 Å². The van der Waals surface area contributed by atoms with Crippen LogP contribution in [0.1, 0.15) is 31.0 Å². The lowest BCUT2D eigenvalue weighted by Gasteiger charge is -2.06. The molecule has 16 heavy (non-hydrogen) atoms. The second-order valence-electron chi connectivity index (χ2n) is 4.03. The molecule has 1 aromatic heterocycles. The summed E-state index contributed by atoms with van der Waals surface area (Å²) in [5.74, 6) is -0.0113. The second kappa shape index (κ2) is 4.10. The Bertz CT molecular complexity index is 528. The van der Waals surface area contributed by atoms with Gasteiger partial charge in [0.1, 0.15) is 0 Å². The molecule has 3 heteroatoms. The van der Waals surface area contributed by atoms with Gasteiger partial charge in [-0.15, -0.1) is 0 Å². The highest BCUT2D eigenvalue weighted by Crippen LogP contribution is 2.26. The van der Waals surface area contributed by atoms with Crippen LogP contribution in [0.3, 0.4) is 0 Å². The first-order chi connectivity index (χ1) is 7.65. The molecule has 2 aromatic rings. The average Bonchev–Trinajstić information content (AvgIpc) is 2.71. The Morgan fingerprint density at radius 3 is 2.88 bits per heavy atom. The highest BCUT2D eigenvalue weighted by atomic mass is 16.1. The van der Waals surface area contributed by atoms with Gasteiger partial charge in [-0.25, -0.2) is 0 Å². The van der Waals surface area contributed by atoms with E-state index in [4.69, 9.17) is 5.73 Å². The molecular formula is C13H16N2O. The summed E-state index contributed by atoms with van der Waals surface area (Å²) in [6.07, 6.45) is 2.81. The fourth-order valence-corrected chi connectivity index (χ4v) is 2.01. The molecule has 2 rings (SSSR count). The third-order valence-corrected chi connectivity index (χ3v) is 2.99. The van der Waals surface area contributed by atoms with Gasteiger partial charge in [-0.05, 0) is 18.9 Å². The molecule has 0 bridgehead atoms. The molecule has 0 fully saturated rings. The number of hydrogen-bond donors (Lipinski definition) is 2. The molecule has 3 N–H and O–H groups in total. The molecule has 3 nitrogen and oxygen atoms in total. The summed E-state index contributed by atoms with van der Waals surface area (Å²) < 4.78 is 0. The van der Waals surface area contributed by atoms with Gasteiger partial charge in [-0.1, -0.05) is 25.1 Å². The van der Waals surface area contributed by atoms with E-state index in [9.17, 15) is 4.79 Å². The largest absolute Gasteiger partial charge is 0.361 e. The maximum atomic E-state index is 11.3. The van der Waals surface area contributed by atoms with Crippen LogP contribution in [0.2, 0.25) is 0 Å². The Labute approximate surface area is 94.6 Å². The van der Waals surface area contributed by atoms with Gasteiger partial charge in [0.2, 0.25) is 0 Å². The molecule has 1 aromatic carbocycles. The summed E-state index contributed by atoms with van der Waals surface area (Å²) in [5.41, 5.74) is 9.10. The number of fused-ring (bicyclic) bond motifs is 1. The van der Waals surface area contributed by atoms with Crippen molar-refractivity contribution in [2.45, 2.75) is 26.3 Å². The van der Waals surface area contributed by atoms with E-state index in [1.807, 2.05) is 18.3 Å². The topological polar surface area (TPSA) is 58.9 Å². The minimum Gasteiger partial charge on any atom is -0.361 e. The third-order valence-electron chi connectivity index (χ3n) is 2.99. The first kappa shape index (κ1) is 10.9. The monoisotopic (exact) mass is 216 g/mol. The van der Waals surface area contributed by atoms with Crippen molar-refractivity contribution in [3.63, 3.8) is 0 Å². The minimum atomic E-state index is -0.527. The van der Waals surface area contributed by atoms with Crippen LogP contribution in [0.15, 0.2) is 24.4 Å². The number of nitrogens with two attached hydrogens (primary N) is 1. The fourth-order valence-electron chi connectivity index (χ4n) is 2.01. The number of benzene rings is 1. The van der Waals surface area contributed by atoms with Crippen LogP contribution in [-0.2, 0) is 11.2 Å². The molecule has 0 amide bonds. The van der Waals surface area contributed by atoms with Crippen molar-refractivity contribution in [3.05, 3.63) is 35.5 Å². The van der Waals surface area contributed by atoms with E-state index in [0.29, 0.717) is 0 Å². The number of H-pyrrole nitrogens is 1. The number of Topliss-reactive ketones (excluding diaryl/α,β-unsaturated/α-hetero) is 1. The van der Waals surface area contributed by atoms with Crippen molar-refractivity contribution >= 4 is 16.7 Å². The van der Waals surface area contributed by atoms with Gasteiger partial charge < -0.3 is 10.7 Å². The van der Waals surface area contributed by atoms with Gasteiger partial charge >= 0.3 is 0 Å². The second-order valence-corrected chi connectivity index (χ2v) is 4.03. The maximum absolute atomic E-state index is 11.3. The lowest BCUT2D eigenvalue weighted by molar-refractivity contribution is -0.118. The van der Waals surface area contributed by atoms with Crippen LogP contribution in [0.5, 0.6) is 0 Å². The molecule has 0 saturated heterocycles. The van der Waals surface area contributed by atoms with Crippen LogP contribution < -0.4 is 5.73 Å². The summed E-state index contributed by atoms with van der Waals surface area (Å²) in [5, 5.41) is 1.06. The average molecular weight is 216 g/mol. The molecule has 1 atom stereocenters. The Morgan fingerprint density at radius 2 is 2.25 bits per heavy atom. The number of para-hydroxylation sites is 1. The Kier molecular flexibility index (Phi) is 2.79. The van der Waals surface area contributed by atoms with Crippen LogP contribution in [0.4, 0.5) is 0 Å². The number of carbonyl (C=O) groups is 1. The fraction of sp³-hybridized carbons (Fsp3) is 0.308. The van der Waals surface area contributed by atoms with Gasteiger partial charge in [0.05, 0.1) is 6.04 Å². The zero-order chi connectivity index (χ0) is 11.7. The van der Waals surface area contributed by atoms with Crippen molar-refractivity contribution < 1.29 is 4.79 Å². The quantitative estimate of drug-likeness (QED) is 0.827. The van der Waals surface area contributed by atoms with Crippen molar-refractivity contribution in [3.8, 4) is 0 Å². The van der Waals surface area contributed by atoms with E-state index in [1.54, 1.807) is 0 Å². The van der Waals surface area contributed by atoms with E-state index in [0.717, 1.165) is 22.9 Å². The lowest BCUT2D eigenvalue weighted by Crippen LogP contribution is -2.17. The van der Waals surface area contributed by atoms with Crippen LogP contribution >= 0.6 is 0 Å². The Hall–Kier alpha value is -1.61. The van der Waals surface area contributed by atoms with Crippen molar-refractivity contribution in [2.75, 3.05) is 0 Å². The predicted octanol–water partition coefficient (Wildman–Crippen LogP) is 2.32. The molecule has 0 aliphatic carbocycles. The smallest absolute Gasteiger partial charge is 0.151 e. The number of aromatic nitrogens is 1. The van der Waals surface area contributed by atoms with Gasteiger partial charge in [0.15, 0.2) is 5.78 Å². The number of nitrogens with one attached hydrogen (secondary N) is 1. The number of aromatic amines is 1. The molecule has 0 spiro atoms. The molecule has 0 unspecified atom stereocenters. The Morgan fingerprint density at radius 1 is 1.50 bits per heavy atom. The van der Waals surface area contributed by atoms with Gasteiger partial charge in [0.25, 0.3) is 0 Å². The number of rotatable bonds is 3. The van der Waals surface area contributed by atoms with Crippen molar-refractivity contribution in [2.24, 2.45) is 5.73 Å². The van der Waals surface area contributed by atoms with Gasteiger partial charge in [-0.3, -0.25) is 4.79 Å². The molecule has 0 aliphatic heterocycles. The summed E-state index contributed by atoms with van der Waals surface area (Å²) in [6, 6.07) is 5.57. The highest BCUT2D eigenvalue weighted by Gasteiger charge is 2.16. The number of hydrogen-bond acceptors (Lipinski definition) is 2. The molecule has 0 radical (unpaired) electrons. The Balaban J connectivity index is 2.61. The number of ketones is 1. The van der Waals surface area contributed by atoms with E-state index in [1.165, 1.54) is 12.5 Å². The summed E-state index contributed by atoms with van der Waals surface area (Å²) in [6.45, 7) is 3.63. The van der Waals surface area contributed by atoms with Gasteiger partial charge in [-0.2, -0.15) is 0 Å². The molecule has 1 heterocycles. The molecular weight excluding hydrogens is 200 g/mol. The number of carbonyl (C=O) groups excluding carboxylic acids is 1. The van der Waals surface area contributed by atoms with Crippen LogP contribution in [-0.4, -0.2) is 10.8 Å². The summed E-state index contributed by atoms with van der Waals surface area (Å²) in [4.78, 5) is 14.5. The van der Waals surface area contributed by atoms with E-state index >= 15 is 0 Å². The standard InChI is InChI=1S/C13H16N2O/c1-3-9-5-4-6-10-11(7-15-13(9)10)12(14)8(2)16/h4-7,12,15H,3,14H2,1-2H3/t12-/m0/s1. The van der Waals surface area contributed by atoms with Crippen LogP contribution in [0.25, 0.3) is 10.9 Å². The number of aryl methyl sites for hydroxylation is 1. The normalized spacial score (nSPS) is 12.9. The maximum Gasteiger partial charge on any atom is 0.151 e. The minimum absolute atomic E-state index is 0.0113. The zero-order valence-corrected chi connectivity index (χ0v) is 9.58. The summed E-state index contributed by atoms with van der Waals surface area (Å²) in [7, 11) is 0.